The van der Waals surface area contributed by atoms with Crippen LogP contribution in [0.5, 0.6) is 5.75 Å². The second kappa shape index (κ2) is 6.04. The number of fused-ring (bicyclic) bond motifs is 1. The minimum atomic E-state index is -0.956. The van der Waals surface area contributed by atoms with E-state index in [1.807, 2.05) is 31.2 Å². The smallest absolute Gasteiger partial charge is 0.354 e. The van der Waals surface area contributed by atoms with E-state index < -0.39 is 5.97 Å². The van der Waals surface area contributed by atoms with Crippen molar-refractivity contribution in [2.24, 2.45) is 0 Å². The van der Waals surface area contributed by atoms with E-state index in [2.05, 4.69) is 11.9 Å². The van der Waals surface area contributed by atoms with Crippen molar-refractivity contribution in [3.63, 3.8) is 0 Å². The number of carboxylic acid groups (broad SMARTS) is 1. The number of rotatable bonds is 5. The summed E-state index contributed by atoms with van der Waals surface area (Å²) in [7, 11) is 0. The van der Waals surface area contributed by atoms with Crippen LogP contribution in [-0.2, 0) is 6.42 Å². The molecular formula is C17H18N2O3S. The van der Waals surface area contributed by atoms with Crippen molar-refractivity contribution in [1.82, 2.24) is 9.38 Å². The second-order valence-corrected chi connectivity index (χ2v) is 6.22. The number of carbonyl (C=O) groups is 1. The number of hydrogen-bond donors (Lipinski definition) is 1. The van der Waals surface area contributed by atoms with Crippen molar-refractivity contribution in [3.05, 3.63) is 40.5 Å². The highest BCUT2D eigenvalue weighted by Gasteiger charge is 2.23. The molecule has 1 aromatic carbocycles. The Morgan fingerprint density at radius 1 is 1.30 bits per heavy atom. The molecule has 0 aliphatic carbocycles. The monoisotopic (exact) mass is 330 g/mol. The van der Waals surface area contributed by atoms with Crippen LogP contribution < -0.4 is 4.74 Å². The molecule has 2 heterocycles. The van der Waals surface area contributed by atoms with Crippen molar-refractivity contribution in [3.8, 4) is 17.0 Å². The number of aromatic carboxylic acids is 1. The van der Waals surface area contributed by atoms with Crippen molar-refractivity contribution < 1.29 is 14.6 Å². The zero-order chi connectivity index (χ0) is 16.6. The molecular weight excluding hydrogens is 312 g/mol. The van der Waals surface area contributed by atoms with Gasteiger partial charge in [-0.05, 0) is 50.1 Å². The van der Waals surface area contributed by atoms with Crippen LogP contribution in [0.1, 0.15) is 34.9 Å². The summed E-state index contributed by atoms with van der Waals surface area (Å²) < 4.78 is 7.24. The molecule has 1 N–H and O–H groups in total. The second-order valence-electron chi connectivity index (χ2n) is 5.15. The van der Waals surface area contributed by atoms with Crippen LogP contribution in [0.2, 0.25) is 0 Å². The first kappa shape index (κ1) is 15.6. The molecule has 5 nitrogen and oxygen atoms in total. The summed E-state index contributed by atoms with van der Waals surface area (Å²) in [5.41, 5.74) is 2.66. The van der Waals surface area contributed by atoms with Gasteiger partial charge in [0.25, 0.3) is 0 Å². The molecule has 0 atom stereocenters. The third-order valence-electron chi connectivity index (χ3n) is 3.69. The number of hydrogen-bond acceptors (Lipinski definition) is 4. The van der Waals surface area contributed by atoms with Gasteiger partial charge in [0.1, 0.15) is 5.75 Å². The molecule has 0 aliphatic rings. The Labute approximate surface area is 138 Å². The molecule has 0 fully saturated rings. The Balaban J connectivity index is 2.23. The van der Waals surface area contributed by atoms with Crippen molar-refractivity contribution >= 4 is 22.3 Å². The molecule has 120 valence electrons. The van der Waals surface area contributed by atoms with Crippen LogP contribution in [0.3, 0.4) is 0 Å². The summed E-state index contributed by atoms with van der Waals surface area (Å²) >= 11 is 1.54. The largest absolute Gasteiger partial charge is 0.494 e. The predicted octanol–water partition coefficient (Wildman–Crippen LogP) is 4.03. The molecule has 3 rings (SSSR count). The maximum atomic E-state index is 11.6. The van der Waals surface area contributed by atoms with Crippen molar-refractivity contribution in [2.45, 2.75) is 27.2 Å². The highest BCUT2D eigenvalue weighted by molar-refractivity contribution is 7.17. The highest BCUT2D eigenvalue weighted by Crippen LogP contribution is 2.35. The fraction of sp³-hybridized carbons (Fsp3) is 0.294. The molecule has 0 saturated carbocycles. The standard InChI is InChI=1S/C17H18N2O3S/c1-4-13-15(11-6-8-12(9-7-11)22-5-2)19-14(16(20)21)10(3)18-17(19)23-13/h6-9H,4-5H2,1-3H3,(H,20,21). The van der Waals surface area contributed by atoms with Gasteiger partial charge in [0.15, 0.2) is 10.7 Å². The third-order valence-corrected chi connectivity index (χ3v) is 4.87. The number of nitrogens with zero attached hydrogens (tertiary/aromatic N) is 2. The van der Waals surface area contributed by atoms with Crippen molar-refractivity contribution in [2.75, 3.05) is 6.61 Å². The summed E-state index contributed by atoms with van der Waals surface area (Å²) in [6.45, 7) is 6.36. The maximum Gasteiger partial charge on any atom is 0.354 e. The van der Waals surface area contributed by atoms with E-state index in [4.69, 9.17) is 4.74 Å². The first-order valence-corrected chi connectivity index (χ1v) is 8.35. The highest BCUT2D eigenvalue weighted by atomic mass is 32.1. The lowest BCUT2D eigenvalue weighted by Crippen LogP contribution is -2.05. The number of benzene rings is 1. The lowest BCUT2D eigenvalue weighted by Gasteiger charge is -2.08. The Kier molecular flexibility index (Phi) is 4.09. The first-order chi connectivity index (χ1) is 11.1. The molecule has 0 saturated heterocycles. The minimum absolute atomic E-state index is 0.236. The van der Waals surface area contributed by atoms with Crippen molar-refractivity contribution in [1.29, 1.82) is 0 Å². The van der Waals surface area contributed by atoms with Gasteiger partial charge in [0.2, 0.25) is 0 Å². The third kappa shape index (κ3) is 2.59. The summed E-state index contributed by atoms with van der Waals surface area (Å²) in [5, 5.41) is 9.54. The SMILES string of the molecule is CCOc1ccc(-c2c(CC)sc3nc(C)c(C(=O)O)n23)cc1. The van der Waals surface area contributed by atoms with E-state index in [0.717, 1.165) is 33.3 Å². The zero-order valence-electron chi connectivity index (χ0n) is 13.3. The number of thiazole rings is 1. The fourth-order valence-electron chi connectivity index (χ4n) is 2.72. The molecule has 6 heteroatoms. The molecule has 2 aromatic heterocycles. The van der Waals surface area contributed by atoms with E-state index in [-0.39, 0.29) is 5.69 Å². The molecule has 0 bridgehead atoms. The molecule has 0 radical (unpaired) electrons. The average molecular weight is 330 g/mol. The Morgan fingerprint density at radius 3 is 2.57 bits per heavy atom. The van der Waals surface area contributed by atoms with Crippen LogP contribution in [-0.4, -0.2) is 27.1 Å². The molecule has 0 aliphatic heterocycles. The summed E-state index contributed by atoms with van der Waals surface area (Å²) in [6.07, 6.45) is 0.828. The van der Waals surface area contributed by atoms with E-state index in [0.29, 0.717) is 12.3 Å². The van der Waals surface area contributed by atoms with Crippen LogP contribution in [0.4, 0.5) is 0 Å². The molecule has 0 unspecified atom stereocenters. The van der Waals surface area contributed by atoms with Gasteiger partial charge in [-0.3, -0.25) is 4.40 Å². The van der Waals surface area contributed by atoms with Gasteiger partial charge in [0, 0.05) is 4.88 Å². The van der Waals surface area contributed by atoms with Gasteiger partial charge in [0.05, 0.1) is 18.0 Å². The lowest BCUT2D eigenvalue weighted by atomic mass is 10.1. The van der Waals surface area contributed by atoms with E-state index in [1.165, 1.54) is 0 Å². The predicted molar refractivity (Wildman–Crippen MR) is 90.7 cm³/mol. The fourth-order valence-corrected chi connectivity index (χ4v) is 3.85. The molecule has 23 heavy (non-hydrogen) atoms. The van der Waals surface area contributed by atoms with Gasteiger partial charge in [-0.15, -0.1) is 11.3 Å². The Bertz CT molecular complexity index is 862. The normalized spacial score (nSPS) is 11.1. The first-order valence-electron chi connectivity index (χ1n) is 7.54. The van der Waals surface area contributed by atoms with Gasteiger partial charge in [-0.1, -0.05) is 6.92 Å². The van der Waals surface area contributed by atoms with Crippen LogP contribution in [0.15, 0.2) is 24.3 Å². The minimum Gasteiger partial charge on any atom is -0.494 e. The summed E-state index contributed by atoms with van der Waals surface area (Å²) in [4.78, 5) is 17.9. The number of imidazole rings is 1. The number of ether oxygens (including phenoxy) is 1. The average Bonchev–Trinajstić information content (AvgIpc) is 3.02. The Morgan fingerprint density at radius 2 is 2.00 bits per heavy atom. The summed E-state index contributed by atoms with van der Waals surface area (Å²) in [6, 6.07) is 7.75. The van der Waals surface area contributed by atoms with Gasteiger partial charge < -0.3 is 9.84 Å². The van der Waals surface area contributed by atoms with E-state index >= 15 is 0 Å². The Hall–Kier alpha value is -2.34. The lowest BCUT2D eigenvalue weighted by molar-refractivity contribution is 0.0688. The summed E-state index contributed by atoms with van der Waals surface area (Å²) in [5.74, 6) is -0.149. The quantitative estimate of drug-likeness (QED) is 0.767. The molecule has 0 spiro atoms. The van der Waals surface area contributed by atoms with Gasteiger partial charge in [-0.2, -0.15) is 0 Å². The molecule has 3 aromatic rings. The molecule has 0 amide bonds. The van der Waals surface area contributed by atoms with Gasteiger partial charge >= 0.3 is 5.97 Å². The van der Waals surface area contributed by atoms with Crippen LogP contribution in [0, 0.1) is 6.92 Å². The number of aromatic nitrogens is 2. The van der Waals surface area contributed by atoms with Crippen LogP contribution >= 0.6 is 11.3 Å². The maximum absolute atomic E-state index is 11.6. The van der Waals surface area contributed by atoms with Crippen LogP contribution in [0.25, 0.3) is 16.2 Å². The zero-order valence-corrected chi connectivity index (χ0v) is 14.1. The number of carboxylic acids is 1. The topological polar surface area (TPSA) is 63.8 Å². The van der Waals surface area contributed by atoms with E-state index in [9.17, 15) is 9.90 Å². The number of aryl methyl sites for hydroxylation is 2. The van der Waals surface area contributed by atoms with Gasteiger partial charge in [-0.25, -0.2) is 9.78 Å². The van der Waals surface area contributed by atoms with E-state index in [1.54, 1.807) is 22.7 Å².